The molecule has 108 valence electrons. The molecule has 20 heavy (non-hydrogen) atoms. The molecule has 2 N–H and O–H groups in total. The highest BCUT2D eigenvalue weighted by Crippen LogP contribution is 2.05. The summed E-state index contributed by atoms with van der Waals surface area (Å²) in [6, 6.07) is 8.52. The zero-order valence-electron chi connectivity index (χ0n) is 11.6. The van der Waals surface area contributed by atoms with Crippen LogP contribution >= 0.6 is 0 Å². The van der Waals surface area contributed by atoms with E-state index in [-0.39, 0.29) is 6.61 Å². The largest absolute Gasteiger partial charge is 0.480 e. The first-order valence-electron chi connectivity index (χ1n) is 6.41. The van der Waals surface area contributed by atoms with Gasteiger partial charge in [0.2, 0.25) is 0 Å². The van der Waals surface area contributed by atoms with E-state index in [0.717, 1.165) is 5.56 Å². The average Bonchev–Trinajstić information content (AvgIpc) is 2.39. The van der Waals surface area contributed by atoms with Crippen LogP contribution in [0, 0.1) is 0 Å². The molecule has 5 nitrogen and oxygen atoms in total. The summed E-state index contributed by atoms with van der Waals surface area (Å²) >= 11 is 0. The molecule has 1 aromatic carbocycles. The van der Waals surface area contributed by atoms with E-state index in [9.17, 15) is 14.7 Å². The third kappa shape index (κ3) is 5.56. The van der Waals surface area contributed by atoms with Gasteiger partial charge in [0.25, 0.3) is 0 Å². The van der Waals surface area contributed by atoms with Gasteiger partial charge in [0, 0.05) is 18.2 Å². The maximum Gasteiger partial charge on any atom is 0.332 e. The number of benzene rings is 1. The number of rotatable bonds is 7. The quantitative estimate of drug-likeness (QED) is 0.586. The zero-order chi connectivity index (χ0) is 15.0. The number of carboxylic acid groups (broad SMARTS) is 1. The predicted molar refractivity (Wildman–Crippen MR) is 75.1 cm³/mol. The number of esters is 1. The molecule has 1 atom stereocenters. The highest BCUT2D eigenvalue weighted by atomic mass is 16.5. The molecule has 0 heterocycles. The Balaban J connectivity index is 2.68. The van der Waals surface area contributed by atoms with E-state index in [2.05, 4.69) is 5.32 Å². The summed E-state index contributed by atoms with van der Waals surface area (Å²) in [5.74, 6) is -1.45. The van der Waals surface area contributed by atoms with Gasteiger partial charge >= 0.3 is 11.9 Å². The maximum absolute atomic E-state index is 11.3. The van der Waals surface area contributed by atoms with Gasteiger partial charge < -0.3 is 15.2 Å². The van der Waals surface area contributed by atoms with Gasteiger partial charge in [0.15, 0.2) is 0 Å². The fourth-order valence-electron chi connectivity index (χ4n) is 1.73. The van der Waals surface area contributed by atoms with Crippen LogP contribution in [0.5, 0.6) is 0 Å². The summed E-state index contributed by atoms with van der Waals surface area (Å²) < 4.78 is 4.77. The van der Waals surface area contributed by atoms with Crippen LogP contribution in [0.1, 0.15) is 19.4 Å². The smallest absolute Gasteiger partial charge is 0.332 e. The van der Waals surface area contributed by atoms with Crippen molar-refractivity contribution >= 4 is 11.9 Å². The van der Waals surface area contributed by atoms with Crippen LogP contribution in [0.2, 0.25) is 0 Å². The standard InChI is InChI=1S/C15H19NO4/c1-3-20-14(17)9-11(2)16-13(15(18)19)10-12-7-5-4-6-8-12/h4-9,13,16H,3,10H2,1-2H3,(H,18,19)/b11-9-. The molecule has 0 bridgehead atoms. The molecule has 0 amide bonds. The van der Waals surface area contributed by atoms with Gasteiger partial charge in [0.05, 0.1) is 6.61 Å². The number of carbonyl (C=O) groups is 2. The molecule has 0 fully saturated rings. The maximum atomic E-state index is 11.3. The van der Waals surface area contributed by atoms with E-state index in [1.54, 1.807) is 13.8 Å². The van der Waals surface area contributed by atoms with Crippen LogP contribution in [-0.2, 0) is 20.7 Å². The number of hydrogen-bond acceptors (Lipinski definition) is 4. The number of carbonyl (C=O) groups excluding carboxylic acids is 1. The molecule has 0 saturated heterocycles. The third-order valence-electron chi connectivity index (χ3n) is 2.60. The van der Waals surface area contributed by atoms with Crippen LogP contribution in [0.3, 0.4) is 0 Å². The van der Waals surface area contributed by atoms with Crippen molar-refractivity contribution in [3.8, 4) is 0 Å². The molecular formula is C15H19NO4. The summed E-state index contributed by atoms with van der Waals surface area (Å²) in [7, 11) is 0. The fraction of sp³-hybridized carbons (Fsp3) is 0.333. The van der Waals surface area contributed by atoms with Crippen molar-refractivity contribution in [1.29, 1.82) is 0 Å². The van der Waals surface area contributed by atoms with Crippen molar-refractivity contribution in [3.05, 3.63) is 47.7 Å². The Kier molecular flexibility index (Phi) is 6.29. The van der Waals surface area contributed by atoms with E-state index in [1.807, 2.05) is 30.3 Å². The molecule has 0 aliphatic carbocycles. The van der Waals surface area contributed by atoms with E-state index in [0.29, 0.717) is 12.1 Å². The van der Waals surface area contributed by atoms with Crippen molar-refractivity contribution in [3.63, 3.8) is 0 Å². The summed E-state index contributed by atoms with van der Waals surface area (Å²) in [4.78, 5) is 22.5. The summed E-state index contributed by atoms with van der Waals surface area (Å²) in [6.45, 7) is 3.64. The fourth-order valence-corrected chi connectivity index (χ4v) is 1.73. The normalized spacial score (nSPS) is 12.6. The summed E-state index contributed by atoms with van der Waals surface area (Å²) in [6.07, 6.45) is 1.59. The molecule has 0 saturated carbocycles. The van der Waals surface area contributed by atoms with Crippen LogP contribution in [0.25, 0.3) is 0 Å². The lowest BCUT2D eigenvalue weighted by atomic mass is 10.1. The molecule has 1 aromatic rings. The molecule has 1 rings (SSSR count). The number of hydrogen-bond donors (Lipinski definition) is 2. The Morgan fingerprint density at radius 3 is 2.55 bits per heavy atom. The molecule has 0 radical (unpaired) electrons. The SMILES string of the molecule is CCOC(=O)/C=C(/C)NC(Cc1ccccc1)C(=O)O. The Labute approximate surface area is 118 Å². The molecular weight excluding hydrogens is 258 g/mol. The Morgan fingerprint density at radius 1 is 1.35 bits per heavy atom. The number of nitrogens with one attached hydrogen (secondary N) is 1. The van der Waals surface area contributed by atoms with Crippen LogP contribution in [-0.4, -0.2) is 29.7 Å². The lowest BCUT2D eigenvalue weighted by Gasteiger charge is -2.16. The van der Waals surface area contributed by atoms with Crippen LogP contribution < -0.4 is 5.32 Å². The molecule has 0 spiro atoms. The van der Waals surface area contributed by atoms with Crippen molar-refractivity contribution in [2.45, 2.75) is 26.3 Å². The van der Waals surface area contributed by atoms with E-state index in [4.69, 9.17) is 4.74 Å². The van der Waals surface area contributed by atoms with E-state index < -0.39 is 18.0 Å². The minimum absolute atomic E-state index is 0.287. The van der Waals surface area contributed by atoms with Gasteiger partial charge in [-0.15, -0.1) is 0 Å². The van der Waals surface area contributed by atoms with E-state index >= 15 is 0 Å². The summed E-state index contributed by atoms with van der Waals surface area (Å²) in [5.41, 5.74) is 1.38. The third-order valence-corrected chi connectivity index (χ3v) is 2.60. The predicted octanol–water partition coefficient (Wildman–Crippen LogP) is 1.74. The average molecular weight is 277 g/mol. The van der Waals surface area contributed by atoms with Gasteiger partial charge in [-0.1, -0.05) is 30.3 Å². The van der Waals surface area contributed by atoms with Crippen molar-refractivity contribution in [2.75, 3.05) is 6.61 Å². The van der Waals surface area contributed by atoms with Gasteiger partial charge in [-0.2, -0.15) is 0 Å². The highest BCUT2D eigenvalue weighted by molar-refractivity contribution is 5.83. The molecule has 1 unspecified atom stereocenters. The van der Waals surface area contributed by atoms with Gasteiger partial charge in [0.1, 0.15) is 6.04 Å². The minimum Gasteiger partial charge on any atom is -0.480 e. The van der Waals surface area contributed by atoms with Crippen LogP contribution in [0.4, 0.5) is 0 Å². The monoisotopic (exact) mass is 277 g/mol. The first kappa shape index (κ1) is 15.8. The molecule has 0 aliphatic rings. The van der Waals surface area contributed by atoms with Gasteiger partial charge in [-0.05, 0) is 19.4 Å². The zero-order valence-corrected chi connectivity index (χ0v) is 11.6. The Morgan fingerprint density at radius 2 is 2.00 bits per heavy atom. The van der Waals surface area contributed by atoms with Crippen molar-refractivity contribution in [2.24, 2.45) is 0 Å². The number of ether oxygens (including phenoxy) is 1. The van der Waals surface area contributed by atoms with Crippen molar-refractivity contribution < 1.29 is 19.4 Å². The van der Waals surface area contributed by atoms with Crippen LogP contribution in [0.15, 0.2) is 42.1 Å². The topological polar surface area (TPSA) is 75.6 Å². The summed E-state index contributed by atoms with van der Waals surface area (Å²) in [5, 5.41) is 12.0. The minimum atomic E-state index is -0.967. The second-order valence-corrected chi connectivity index (χ2v) is 4.30. The number of carboxylic acids is 1. The second-order valence-electron chi connectivity index (χ2n) is 4.30. The lowest BCUT2D eigenvalue weighted by molar-refractivity contribution is -0.140. The number of aliphatic carboxylic acids is 1. The first-order valence-corrected chi connectivity index (χ1v) is 6.41. The Bertz CT molecular complexity index is 482. The molecule has 0 aromatic heterocycles. The van der Waals surface area contributed by atoms with Gasteiger partial charge in [-0.25, -0.2) is 9.59 Å². The second kappa shape index (κ2) is 7.99. The molecule has 0 aliphatic heterocycles. The van der Waals surface area contributed by atoms with E-state index in [1.165, 1.54) is 6.08 Å². The lowest BCUT2D eigenvalue weighted by Crippen LogP contribution is -2.37. The Hall–Kier alpha value is -2.30. The van der Waals surface area contributed by atoms with Crippen molar-refractivity contribution in [1.82, 2.24) is 5.32 Å². The molecule has 5 heteroatoms. The highest BCUT2D eigenvalue weighted by Gasteiger charge is 2.17. The van der Waals surface area contributed by atoms with Gasteiger partial charge in [-0.3, -0.25) is 0 Å². The number of allylic oxidation sites excluding steroid dienone is 1. The first-order chi connectivity index (χ1) is 9.52.